The third-order valence-corrected chi connectivity index (χ3v) is 6.54. The van der Waals surface area contributed by atoms with E-state index in [-0.39, 0.29) is 17.4 Å². The normalized spacial score (nSPS) is 11.4. The highest BCUT2D eigenvalue weighted by molar-refractivity contribution is 7.89. The van der Waals surface area contributed by atoms with Crippen LogP contribution in [0.3, 0.4) is 0 Å². The van der Waals surface area contributed by atoms with Crippen molar-refractivity contribution in [2.45, 2.75) is 18.7 Å². The van der Waals surface area contributed by atoms with E-state index < -0.39 is 10.0 Å². The Morgan fingerprint density at radius 3 is 2.22 bits per heavy atom. The largest absolute Gasteiger partial charge is 0.484 e. The number of carbonyl (C=O) groups excluding carboxylic acids is 1. The van der Waals surface area contributed by atoms with Gasteiger partial charge in [-0.1, -0.05) is 37.0 Å². The van der Waals surface area contributed by atoms with E-state index in [2.05, 4.69) is 5.32 Å². The molecule has 2 aromatic carbocycles. The molecule has 0 saturated heterocycles. The van der Waals surface area contributed by atoms with Crippen LogP contribution in [-0.4, -0.2) is 38.3 Å². The van der Waals surface area contributed by atoms with Crippen molar-refractivity contribution in [2.24, 2.45) is 0 Å². The molecule has 0 saturated carbocycles. The summed E-state index contributed by atoms with van der Waals surface area (Å²) in [7, 11) is -3.52. The molecule has 0 unspecified atom stereocenters. The van der Waals surface area contributed by atoms with Crippen molar-refractivity contribution < 1.29 is 17.9 Å². The Kier molecular flexibility index (Phi) is 7.49. The fraction of sp³-hybridized carbons (Fsp3) is 0.278. The van der Waals surface area contributed by atoms with Crippen molar-refractivity contribution in [3.05, 3.63) is 52.5 Å². The van der Waals surface area contributed by atoms with E-state index in [0.717, 1.165) is 0 Å². The molecule has 0 aliphatic heterocycles. The lowest BCUT2D eigenvalue weighted by Gasteiger charge is -2.18. The van der Waals surface area contributed by atoms with Crippen molar-refractivity contribution in [1.29, 1.82) is 0 Å². The molecule has 2 aromatic rings. The summed E-state index contributed by atoms with van der Waals surface area (Å²) in [5.74, 6) is 0.00557. The summed E-state index contributed by atoms with van der Waals surface area (Å²) in [4.78, 5) is 12.1. The summed E-state index contributed by atoms with van der Waals surface area (Å²) in [6, 6.07) is 10.7. The van der Waals surface area contributed by atoms with Gasteiger partial charge >= 0.3 is 0 Å². The molecule has 6 nitrogen and oxygen atoms in total. The number of nitrogens with one attached hydrogen (secondary N) is 1. The van der Waals surface area contributed by atoms with Gasteiger partial charge in [0.05, 0.1) is 14.9 Å². The highest BCUT2D eigenvalue weighted by atomic mass is 35.5. The zero-order valence-electron chi connectivity index (χ0n) is 14.9. The molecule has 0 aliphatic carbocycles. The van der Waals surface area contributed by atoms with Gasteiger partial charge in [0.1, 0.15) is 5.75 Å². The van der Waals surface area contributed by atoms with E-state index >= 15 is 0 Å². The number of benzene rings is 2. The van der Waals surface area contributed by atoms with E-state index in [9.17, 15) is 13.2 Å². The third kappa shape index (κ3) is 5.59. The average molecular weight is 431 g/mol. The van der Waals surface area contributed by atoms with Crippen molar-refractivity contribution >= 4 is 44.8 Å². The summed E-state index contributed by atoms with van der Waals surface area (Å²) in [5.41, 5.74) is 0.499. The van der Waals surface area contributed by atoms with Crippen molar-refractivity contribution in [2.75, 3.05) is 25.0 Å². The van der Waals surface area contributed by atoms with Crippen LogP contribution < -0.4 is 10.1 Å². The Morgan fingerprint density at radius 2 is 1.67 bits per heavy atom. The minimum absolute atomic E-state index is 0.179. The Morgan fingerprint density at radius 1 is 1.04 bits per heavy atom. The van der Waals surface area contributed by atoms with Crippen LogP contribution >= 0.6 is 23.2 Å². The van der Waals surface area contributed by atoms with Gasteiger partial charge in [0.2, 0.25) is 10.0 Å². The third-order valence-electron chi connectivity index (χ3n) is 3.74. The molecule has 146 valence electrons. The zero-order valence-corrected chi connectivity index (χ0v) is 17.2. The SMILES string of the molecule is CCN(CC)S(=O)(=O)c1ccc(OCC(=O)Nc2ccc(Cl)c(Cl)c2)cc1. The predicted octanol–water partition coefficient (Wildman–Crippen LogP) is 4.04. The molecule has 1 N–H and O–H groups in total. The molecule has 9 heteroatoms. The number of amides is 1. The second-order valence-electron chi connectivity index (χ2n) is 5.53. The quantitative estimate of drug-likeness (QED) is 0.685. The van der Waals surface area contributed by atoms with Gasteiger partial charge in [0.15, 0.2) is 6.61 Å². The lowest BCUT2D eigenvalue weighted by molar-refractivity contribution is -0.118. The number of nitrogens with zero attached hydrogens (tertiary/aromatic N) is 1. The smallest absolute Gasteiger partial charge is 0.262 e. The van der Waals surface area contributed by atoms with Crippen LogP contribution in [0.2, 0.25) is 10.0 Å². The van der Waals surface area contributed by atoms with Crippen molar-refractivity contribution in [3.8, 4) is 5.75 Å². The van der Waals surface area contributed by atoms with Crippen LogP contribution in [0.25, 0.3) is 0 Å². The Bertz CT molecular complexity index is 898. The zero-order chi connectivity index (χ0) is 20.0. The van der Waals surface area contributed by atoms with Gasteiger partial charge in [-0.3, -0.25) is 4.79 Å². The first-order chi connectivity index (χ1) is 12.8. The number of sulfonamides is 1. The molecule has 0 heterocycles. The van der Waals surface area contributed by atoms with Gasteiger partial charge in [-0.2, -0.15) is 4.31 Å². The molecule has 0 bridgehead atoms. The molecule has 2 rings (SSSR count). The second kappa shape index (κ2) is 9.41. The van der Waals surface area contributed by atoms with Gasteiger partial charge < -0.3 is 10.1 Å². The summed E-state index contributed by atoms with van der Waals surface area (Å²) in [6.45, 7) is 4.12. The molecular weight excluding hydrogens is 411 g/mol. The molecule has 0 fully saturated rings. The van der Waals surface area contributed by atoms with E-state index in [0.29, 0.717) is 34.6 Å². The predicted molar refractivity (Wildman–Crippen MR) is 107 cm³/mol. The van der Waals surface area contributed by atoms with Crippen LogP contribution in [0, 0.1) is 0 Å². The van der Waals surface area contributed by atoms with Crippen LogP contribution in [0.1, 0.15) is 13.8 Å². The Labute approximate surface area is 169 Å². The maximum absolute atomic E-state index is 12.4. The lowest BCUT2D eigenvalue weighted by Crippen LogP contribution is -2.30. The molecule has 0 aromatic heterocycles. The molecule has 0 atom stereocenters. The number of ether oxygens (including phenoxy) is 1. The molecular formula is C18H20Cl2N2O4S. The summed E-state index contributed by atoms with van der Waals surface area (Å²) in [6.07, 6.45) is 0. The highest BCUT2D eigenvalue weighted by Crippen LogP contribution is 2.25. The average Bonchev–Trinajstić information content (AvgIpc) is 2.64. The molecule has 0 radical (unpaired) electrons. The molecule has 1 amide bonds. The van der Waals surface area contributed by atoms with Gasteiger partial charge in [0, 0.05) is 18.8 Å². The number of halogens is 2. The van der Waals surface area contributed by atoms with Gasteiger partial charge in [0.25, 0.3) is 5.91 Å². The van der Waals surface area contributed by atoms with Crippen LogP contribution in [0.5, 0.6) is 5.75 Å². The minimum Gasteiger partial charge on any atom is -0.484 e. The lowest BCUT2D eigenvalue weighted by atomic mass is 10.3. The fourth-order valence-electron chi connectivity index (χ4n) is 2.34. The first kappa shape index (κ1) is 21.5. The second-order valence-corrected chi connectivity index (χ2v) is 8.28. The molecule has 0 aliphatic rings. The van der Waals surface area contributed by atoms with Crippen LogP contribution in [-0.2, 0) is 14.8 Å². The summed E-state index contributed by atoms with van der Waals surface area (Å²) in [5, 5.41) is 3.36. The number of carbonyl (C=O) groups is 1. The van der Waals surface area contributed by atoms with E-state index in [1.54, 1.807) is 26.0 Å². The minimum atomic E-state index is -3.52. The Hall–Kier alpha value is -1.80. The fourth-order valence-corrected chi connectivity index (χ4v) is 4.10. The van der Waals surface area contributed by atoms with Crippen molar-refractivity contribution in [1.82, 2.24) is 4.31 Å². The van der Waals surface area contributed by atoms with Crippen molar-refractivity contribution in [3.63, 3.8) is 0 Å². The van der Waals surface area contributed by atoms with E-state index in [1.807, 2.05) is 0 Å². The standard InChI is InChI=1S/C18H20Cl2N2O4S/c1-3-22(4-2)27(24,25)15-8-6-14(7-9-15)26-12-18(23)21-13-5-10-16(19)17(20)11-13/h5-11H,3-4,12H2,1-2H3,(H,21,23). The van der Waals surface area contributed by atoms with Gasteiger partial charge in [-0.25, -0.2) is 8.42 Å². The maximum atomic E-state index is 12.4. The number of hydrogen-bond acceptors (Lipinski definition) is 4. The molecule has 27 heavy (non-hydrogen) atoms. The summed E-state index contributed by atoms with van der Waals surface area (Å²) >= 11 is 11.7. The topological polar surface area (TPSA) is 75.7 Å². The van der Waals surface area contributed by atoms with E-state index in [4.69, 9.17) is 27.9 Å². The monoisotopic (exact) mass is 430 g/mol. The number of anilines is 1. The van der Waals surface area contributed by atoms with Crippen LogP contribution in [0.4, 0.5) is 5.69 Å². The number of rotatable bonds is 8. The first-order valence-electron chi connectivity index (χ1n) is 8.25. The maximum Gasteiger partial charge on any atom is 0.262 e. The highest BCUT2D eigenvalue weighted by Gasteiger charge is 2.21. The first-order valence-corrected chi connectivity index (χ1v) is 10.5. The van der Waals surface area contributed by atoms with Crippen LogP contribution in [0.15, 0.2) is 47.4 Å². The molecule has 0 spiro atoms. The van der Waals surface area contributed by atoms with Gasteiger partial charge in [-0.05, 0) is 42.5 Å². The van der Waals surface area contributed by atoms with Gasteiger partial charge in [-0.15, -0.1) is 0 Å². The van der Waals surface area contributed by atoms with E-state index in [1.165, 1.54) is 34.6 Å². The Balaban J connectivity index is 1.96. The number of hydrogen-bond donors (Lipinski definition) is 1. The summed E-state index contributed by atoms with van der Waals surface area (Å²) < 4.78 is 31.6.